The Labute approximate surface area is 121 Å². The second-order valence-corrected chi connectivity index (χ2v) is 5.06. The second-order valence-electron chi connectivity index (χ2n) is 4.73. The summed E-state index contributed by atoms with van der Waals surface area (Å²) in [6, 6.07) is 1.93. The summed E-state index contributed by atoms with van der Waals surface area (Å²) in [7, 11) is 0. The Morgan fingerprint density at radius 1 is 1.20 bits per heavy atom. The third-order valence-electron chi connectivity index (χ3n) is 3.09. The second kappa shape index (κ2) is 5.62. The van der Waals surface area contributed by atoms with Crippen molar-refractivity contribution in [2.24, 2.45) is 0 Å². The molecule has 0 bridgehead atoms. The SMILES string of the molecule is Cc1cc(Oc2nc(Cl)nc(N3CCCCC3)n2)n[nH]1. The molecular weight excluding hydrogens is 280 g/mol. The lowest BCUT2D eigenvalue weighted by Gasteiger charge is -2.26. The number of nitrogens with one attached hydrogen (secondary N) is 1. The first-order valence-corrected chi connectivity index (χ1v) is 6.95. The summed E-state index contributed by atoms with van der Waals surface area (Å²) in [6.45, 7) is 3.75. The van der Waals surface area contributed by atoms with Gasteiger partial charge in [0.2, 0.25) is 17.1 Å². The van der Waals surface area contributed by atoms with Crippen molar-refractivity contribution in [2.75, 3.05) is 18.0 Å². The van der Waals surface area contributed by atoms with Crippen LogP contribution >= 0.6 is 11.6 Å². The minimum absolute atomic E-state index is 0.128. The van der Waals surface area contributed by atoms with Crippen LogP contribution in [0.25, 0.3) is 0 Å². The summed E-state index contributed by atoms with van der Waals surface area (Å²) in [5.74, 6) is 0.973. The highest BCUT2D eigenvalue weighted by atomic mass is 35.5. The van der Waals surface area contributed by atoms with E-state index in [1.807, 2.05) is 6.92 Å². The maximum Gasteiger partial charge on any atom is 0.329 e. The van der Waals surface area contributed by atoms with Gasteiger partial charge in [-0.05, 0) is 37.8 Å². The van der Waals surface area contributed by atoms with Crippen LogP contribution < -0.4 is 9.64 Å². The number of aryl methyl sites for hydroxylation is 1. The average Bonchev–Trinajstić information content (AvgIpc) is 2.84. The molecule has 0 amide bonds. The fraction of sp³-hybridized carbons (Fsp3) is 0.500. The van der Waals surface area contributed by atoms with Crippen LogP contribution in [0.3, 0.4) is 0 Å². The summed E-state index contributed by atoms with van der Waals surface area (Å²) < 4.78 is 5.50. The predicted molar refractivity (Wildman–Crippen MR) is 74.3 cm³/mol. The molecule has 20 heavy (non-hydrogen) atoms. The Bertz CT molecular complexity index is 595. The third-order valence-corrected chi connectivity index (χ3v) is 3.26. The van der Waals surface area contributed by atoms with Gasteiger partial charge in [0.05, 0.1) is 0 Å². The van der Waals surface area contributed by atoms with Crippen LogP contribution in [-0.4, -0.2) is 38.2 Å². The van der Waals surface area contributed by atoms with E-state index >= 15 is 0 Å². The summed E-state index contributed by atoms with van der Waals surface area (Å²) in [4.78, 5) is 14.5. The monoisotopic (exact) mass is 294 g/mol. The molecule has 2 aromatic rings. The number of hydrogen-bond acceptors (Lipinski definition) is 6. The molecule has 1 aliphatic heterocycles. The Morgan fingerprint density at radius 3 is 2.70 bits per heavy atom. The van der Waals surface area contributed by atoms with Crippen LogP contribution in [0.5, 0.6) is 11.9 Å². The zero-order chi connectivity index (χ0) is 13.9. The number of ether oxygens (including phenoxy) is 1. The first-order valence-electron chi connectivity index (χ1n) is 6.57. The molecule has 1 saturated heterocycles. The zero-order valence-corrected chi connectivity index (χ0v) is 11.9. The van der Waals surface area contributed by atoms with Crippen molar-refractivity contribution in [1.29, 1.82) is 0 Å². The van der Waals surface area contributed by atoms with Gasteiger partial charge in [0, 0.05) is 24.8 Å². The molecule has 8 heteroatoms. The van der Waals surface area contributed by atoms with Gasteiger partial charge in [-0.2, -0.15) is 15.0 Å². The van der Waals surface area contributed by atoms with Gasteiger partial charge in [-0.3, -0.25) is 5.10 Å². The number of piperidine rings is 1. The first kappa shape index (κ1) is 13.1. The number of hydrogen-bond donors (Lipinski definition) is 1. The van der Waals surface area contributed by atoms with E-state index in [-0.39, 0.29) is 11.3 Å². The molecule has 1 aliphatic rings. The Kier molecular flexibility index (Phi) is 3.68. The molecule has 0 atom stereocenters. The number of H-pyrrole nitrogens is 1. The van der Waals surface area contributed by atoms with Crippen LogP contribution in [0.15, 0.2) is 6.07 Å². The fourth-order valence-corrected chi connectivity index (χ4v) is 2.29. The molecule has 3 heterocycles. The van der Waals surface area contributed by atoms with Crippen molar-refractivity contribution in [3.05, 3.63) is 17.0 Å². The number of anilines is 1. The van der Waals surface area contributed by atoms with Crippen LogP contribution in [0.4, 0.5) is 5.95 Å². The van der Waals surface area contributed by atoms with E-state index < -0.39 is 0 Å². The molecule has 1 N–H and O–H groups in total. The van der Waals surface area contributed by atoms with Gasteiger partial charge in [0.15, 0.2) is 0 Å². The number of nitrogens with zero attached hydrogens (tertiary/aromatic N) is 5. The molecule has 0 aliphatic carbocycles. The molecule has 0 aromatic carbocycles. The number of aromatic amines is 1. The summed E-state index contributed by atoms with van der Waals surface area (Å²) in [5, 5.41) is 6.90. The van der Waals surface area contributed by atoms with E-state index in [1.54, 1.807) is 6.07 Å². The van der Waals surface area contributed by atoms with E-state index in [4.69, 9.17) is 16.3 Å². The maximum atomic E-state index is 5.94. The number of halogens is 1. The Balaban J connectivity index is 1.82. The lowest BCUT2D eigenvalue weighted by molar-refractivity contribution is 0.420. The van der Waals surface area contributed by atoms with Crippen molar-refractivity contribution >= 4 is 17.5 Å². The molecule has 2 aromatic heterocycles. The van der Waals surface area contributed by atoms with Crippen molar-refractivity contribution in [1.82, 2.24) is 25.1 Å². The quantitative estimate of drug-likeness (QED) is 0.936. The third kappa shape index (κ3) is 2.98. The van der Waals surface area contributed by atoms with Gasteiger partial charge in [0.1, 0.15) is 0 Å². The molecule has 0 spiro atoms. The molecular formula is C12H15ClN6O. The van der Waals surface area contributed by atoms with Crippen LogP contribution in [0.1, 0.15) is 25.0 Å². The lowest BCUT2D eigenvalue weighted by atomic mass is 10.1. The van der Waals surface area contributed by atoms with E-state index in [0.29, 0.717) is 11.8 Å². The van der Waals surface area contributed by atoms with Crippen molar-refractivity contribution < 1.29 is 4.74 Å². The van der Waals surface area contributed by atoms with E-state index in [9.17, 15) is 0 Å². The Hall–Kier alpha value is -1.89. The van der Waals surface area contributed by atoms with E-state index in [0.717, 1.165) is 31.6 Å². The van der Waals surface area contributed by atoms with Crippen molar-refractivity contribution in [3.8, 4) is 11.9 Å². The van der Waals surface area contributed by atoms with Gasteiger partial charge in [-0.15, -0.1) is 5.10 Å². The first-order chi connectivity index (χ1) is 9.70. The molecule has 0 unspecified atom stereocenters. The number of rotatable bonds is 3. The normalized spacial score (nSPS) is 15.4. The predicted octanol–water partition coefficient (Wildman–Crippen LogP) is 2.34. The molecule has 3 rings (SSSR count). The minimum Gasteiger partial charge on any atom is -0.403 e. The van der Waals surface area contributed by atoms with Gasteiger partial charge in [-0.25, -0.2) is 0 Å². The van der Waals surface area contributed by atoms with Gasteiger partial charge >= 0.3 is 6.01 Å². The largest absolute Gasteiger partial charge is 0.403 e. The molecule has 0 radical (unpaired) electrons. The minimum atomic E-state index is 0.128. The smallest absolute Gasteiger partial charge is 0.329 e. The highest BCUT2D eigenvalue weighted by Crippen LogP contribution is 2.22. The molecule has 0 saturated carbocycles. The fourth-order valence-electron chi connectivity index (χ4n) is 2.14. The lowest BCUT2D eigenvalue weighted by Crippen LogP contribution is -2.31. The van der Waals surface area contributed by atoms with Gasteiger partial charge in [0.25, 0.3) is 0 Å². The Morgan fingerprint density at radius 2 is 2.00 bits per heavy atom. The number of aromatic nitrogens is 5. The standard InChI is InChI=1S/C12H15ClN6O/c1-8-7-9(18-17-8)20-12-15-10(13)14-11(16-12)19-5-3-2-4-6-19/h7H,2-6H2,1H3,(H,17,18). The topological polar surface area (TPSA) is 79.8 Å². The van der Waals surface area contributed by atoms with E-state index in [2.05, 4.69) is 30.0 Å². The van der Waals surface area contributed by atoms with E-state index in [1.165, 1.54) is 6.42 Å². The zero-order valence-electron chi connectivity index (χ0n) is 11.1. The van der Waals surface area contributed by atoms with Crippen LogP contribution in [0.2, 0.25) is 5.28 Å². The molecule has 1 fully saturated rings. The maximum absolute atomic E-state index is 5.94. The molecule has 7 nitrogen and oxygen atoms in total. The van der Waals surface area contributed by atoms with Crippen molar-refractivity contribution in [3.63, 3.8) is 0 Å². The summed E-state index contributed by atoms with van der Waals surface area (Å²) >= 11 is 5.94. The molecule has 106 valence electrons. The van der Waals surface area contributed by atoms with Crippen LogP contribution in [0, 0.1) is 6.92 Å². The van der Waals surface area contributed by atoms with Gasteiger partial charge in [-0.1, -0.05) is 0 Å². The summed E-state index contributed by atoms with van der Waals surface area (Å²) in [5.41, 5.74) is 0.899. The highest BCUT2D eigenvalue weighted by molar-refractivity contribution is 6.28. The van der Waals surface area contributed by atoms with Gasteiger partial charge < -0.3 is 9.64 Å². The summed E-state index contributed by atoms with van der Waals surface area (Å²) in [6.07, 6.45) is 3.52. The van der Waals surface area contributed by atoms with Crippen LogP contribution in [-0.2, 0) is 0 Å². The highest BCUT2D eigenvalue weighted by Gasteiger charge is 2.16. The average molecular weight is 295 g/mol. The van der Waals surface area contributed by atoms with Crippen molar-refractivity contribution in [2.45, 2.75) is 26.2 Å².